The molecule has 1 aromatic rings. The van der Waals surface area contributed by atoms with Crippen molar-refractivity contribution in [3.05, 3.63) is 28.8 Å². The van der Waals surface area contributed by atoms with E-state index >= 15 is 0 Å². The second-order valence-corrected chi connectivity index (χ2v) is 11.8. The molecule has 0 amide bonds. The molecule has 1 aromatic carbocycles. The molecule has 4 aliphatic rings. The van der Waals surface area contributed by atoms with Crippen LogP contribution in [0.2, 0.25) is 0 Å². The first-order valence-corrected chi connectivity index (χ1v) is 13.2. The van der Waals surface area contributed by atoms with Gasteiger partial charge < -0.3 is 9.47 Å². The third-order valence-electron chi connectivity index (χ3n) is 7.67. The summed E-state index contributed by atoms with van der Waals surface area (Å²) < 4.78 is 42.2. The van der Waals surface area contributed by atoms with Gasteiger partial charge in [-0.15, -0.1) is 0 Å². The van der Waals surface area contributed by atoms with Gasteiger partial charge in [-0.25, -0.2) is 0 Å². The summed E-state index contributed by atoms with van der Waals surface area (Å²) in [5.74, 6) is -0.803. The van der Waals surface area contributed by atoms with E-state index in [1.54, 1.807) is 0 Å². The second kappa shape index (κ2) is 9.38. The Kier molecular flexibility index (Phi) is 6.99. The van der Waals surface area contributed by atoms with E-state index in [0.717, 1.165) is 12.0 Å². The van der Waals surface area contributed by atoms with Crippen LogP contribution in [0.1, 0.15) is 55.2 Å². The molecule has 0 saturated heterocycles. The van der Waals surface area contributed by atoms with Crippen LogP contribution in [0.25, 0.3) is 0 Å². The topological polar surface area (TPSA) is 107 Å². The van der Waals surface area contributed by atoms with Crippen LogP contribution >= 0.6 is 0 Å². The van der Waals surface area contributed by atoms with Crippen molar-refractivity contribution in [1.29, 1.82) is 0 Å². The Morgan fingerprint density at radius 3 is 1.94 bits per heavy atom. The number of hydrogen-bond acceptors (Lipinski definition) is 6. The fraction of sp³-hybridized carbons (Fsp3) is 0.652. The van der Waals surface area contributed by atoms with Crippen LogP contribution in [0.4, 0.5) is 0 Å². The third kappa shape index (κ3) is 4.83. The number of esters is 2. The van der Waals surface area contributed by atoms with E-state index in [2.05, 4.69) is 0 Å². The molecule has 0 aromatic heterocycles. The van der Waals surface area contributed by atoms with Gasteiger partial charge in [0.1, 0.15) is 18.1 Å². The first-order valence-electron chi connectivity index (χ1n) is 11.6. The van der Waals surface area contributed by atoms with E-state index in [0.29, 0.717) is 55.3 Å². The predicted octanol–water partition coefficient (Wildman–Crippen LogP) is 1.62. The first kappa shape index (κ1) is 25.4. The fourth-order valence-electron chi connectivity index (χ4n) is 6.71. The molecule has 5 rings (SSSR count). The van der Waals surface area contributed by atoms with Gasteiger partial charge in [-0.05, 0) is 61.5 Å². The van der Waals surface area contributed by atoms with Crippen molar-refractivity contribution in [3.8, 4) is 5.75 Å². The van der Waals surface area contributed by atoms with Crippen LogP contribution in [0.5, 0.6) is 5.75 Å². The molecule has 4 saturated carbocycles. The number of hydrogen-bond donors (Lipinski definition) is 1. The molecule has 11 heteroatoms. The normalized spacial score (nSPS) is 29.7. The third-order valence-corrected chi connectivity index (χ3v) is 8.36. The lowest BCUT2D eigenvalue weighted by Gasteiger charge is -2.59. The SMILES string of the molecule is [B]Cc1cc(C[B])c(OC(=O)C23CC4CC(CC(C(=O)OCCS(=O)(=O)O)(C4)C2)C3)c(C[B])c1. The highest BCUT2D eigenvalue weighted by atomic mass is 32.2. The van der Waals surface area contributed by atoms with Crippen molar-refractivity contribution in [2.75, 3.05) is 12.4 Å². The molecule has 0 aliphatic heterocycles. The maximum atomic E-state index is 13.7. The smallest absolute Gasteiger partial charge is 0.317 e. The van der Waals surface area contributed by atoms with Crippen molar-refractivity contribution in [3.63, 3.8) is 0 Å². The second-order valence-electron chi connectivity index (χ2n) is 10.2. The number of carbonyl (C=O) groups is 2. The van der Waals surface area contributed by atoms with Gasteiger partial charge in [0.05, 0.1) is 34.4 Å². The van der Waals surface area contributed by atoms with Crippen LogP contribution in [-0.2, 0) is 43.4 Å². The van der Waals surface area contributed by atoms with E-state index in [1.165, 1.54) is 0 Å². The summed E-state index contributed by atoms with van der Waals surface area (Å²) in [4.78, 5) is 26.8. The average molecular weight is 480 g/mol. The molecule has 34 heavy (non-hydrogen) atoms. The van der Waals surface area contributed by atoms with E-state index in [4.69, 9.17) is 37.6 Å². The van der Waals surface area contributed by atoms with Gasteiger partial charge in [0.15, 0.2) is 0 Å². The molecular weight excluding hydrogens is 453 g/mol. The highest BCUT2D eigenvalue weighted by Crippen LogP contribution is 2.66. The highest BCUT2D eigenvalue weighted by Gasteiger charge is 2.64. The fourth-order valence-corrected chi connectivity index (χ4v) is 7.01. The Hall–Kier alpha value is -1.74. The number of ether oxygens (including phenoxy) is 2. The summed E-state index contributed by atoms with van der Waals surface area (Å²) in [5, 5.41) is 0. The molecule has 2 unspecified atom stereocenters. The largest absolute Gasteiger partial charge is 0.464 e. The zero-order chi connectivity index (χ0) is 24.7. The molecule has 1 N–H and O–H groups in total. The van der Waals surface area contributed by atoms with E-state index < -0.39 is 39.3 Å². The molecular formula is C23H27B3O7S. The van der Waals surface area contributed by atoms with E-state index in [1.807, 2.05) is 12.1 Å². The molecule has 0 heterocycles. The minimum absolute atomic E-state index is 0.158. The summed E-state index contributed by atoms with van der Waals surface area (Å²) in [5.41, 5.74) is 0.485. The summed E-state index contributed by atoms with van der Waals surface area (Å²) in [6.45, 7) is -0.417. The first-order chi connectivity index (χ1) is 16.0. The van der Waals surface area contributed by atoms with Gasteiger partial charge in [0, 0.05) is 0 Å². The van der Waals surface area contributed by atoms with Crippen molar-refractivity contribution in [2.45, 2.75) is 57.5 Å². The lowest BCUT2D eigenvalue weighted by Crippen LogP contribution is -2.58. The molecule has 6 radical (unpaired) electrons. The van der Waals surface area contributed by atoms with Gasteiger partial charge in [-0.3, -0.25) is 14.1 Å². The van der Waals surface area contributed by atoms with Gasteiger partial charge in [-0.1, -0.05) is 36.7 Å². The van der Waals surface area contributed by atoms with Crippen LogP contribution < -0.4 is 4.74 Å². The lowest BCUT2D eigenvalue weighted by atomic mass is 9.44. The van der Waals surface area contributed by atoms with E-state index in [9.17, 15) is 18.0 Å². The number of carbonyl (C=O) groups excluding carboxylic acids is 2. The van der Waals surface area contributed by atoms with Crippen LogP contribution in [0, 0.1) is 22.7 Å². The maximum absolute atomic E-state index is 13.7. The Labute approximate surface area is 204 Å². The zero-order valence-corrected chi connectivity index (χ0v) is 19.9. The van der Waals surface area contributed by atoms with Crippen LogP contribution in [0.3, 0.4) is 0 Å². The average Bonchev–Trinajstić information content (AvgIpc) is 2.77. The van der Waals surface area contributed by atoms with Crippen molar-refractivity contribution in [2.24, 2.45) is 22.7 Å². The van der Waals surface area contributed by atoms with Crippen molar-refractivity contribution in [1.82, 2.24) is 0 Å². The van der Waals surface area contributed by atoms with Crippen LogP contribution in [-0.4, -0.2) is 60.8 Å². The molecule has 0 spiro atoms. The minimum atomic E-state index is -4.23. The Balaban J connectivity index is 1.58. The maximum Gasteiger partial charge on any atom is 0.317 e. The number of rotatable bonds is 9. The summed E-state index contributed by atoms with van der Waals surface area (Å²) in [7, 11) is 13.4. The molecule has 4 aliphatic carbocycles. The van der Waals surface area contributed by atoms with Gasteiger partial charge in [0.25, 0.3) is 10.1 Å². The number of benzene rings is 1. The van der Waals surface area contributed by atoms with Gasteiger partial charge in [0.2, 0.25) is 0 Å². The monoisotopic (exact) mass is 480 g/mol. The van der Waals surface area contributed by atoms with Gasteiger partial charge >= 0.3 is 11.9 Å². The molecule has 176 valence electrons. The zero-order valence-electron chi connectivity index (χ0n) is 19.1. The molecule has 4 fully saturated rings. The summed E-state index contributed by atoms with van der Waals surface area (Å²) in [6.07, 6.45) is 4.36. The predicted molar refractivity (Wildman–Crippen MR) is 127 cm³/mol. The Morgan fingerprint density at radius 2 is 1.47 bits per heavy atom. The standard InChI is InChI=1S/C23H27B3O7S/c24-10-14-4-17(11-25)19(18(5-14)12-26)33-21(28)23-8-15-3-16(9-23)7-22(6-15,13-23)20(27)32-1-2-34(29,30)31/h4-5,15-16H,1-3,6-13H2,(H,29,30,31). The summed E-state index contributed by atoms with van der Waals surface area (Å²) >= 11 is 0. The Bertz CT molecular complexity index is 1050. The quantitative estimate of drug-likeness (QED) is 0.248. The van der Waals surface area contributed by atoms with Crippen molar-refractivity contribution < 1.29 is 32.0 Å². The Morgan fingerprint density at radius 1 is 0.941 bits per heavy atom. The van der Waals surface area contributed by atoms with Crippen molar-refractivity contribution >= 4 is 45.6 Å². The van der Waals surface area contributed by atoms with Gasteiger partial charge in [-0.2, -0.15) is 8.42 Å². The highest BCUT2D eigenvalue weighted by molar-refractivity contribution is 7.85. The summed E-state index contributed by atoms with van der Waals surface area (Å²) in [6, 6.07) is 3.63. The lowest BCUT2D eigenvalue weighted by molar-refractivity contribution is -0.189. The molecule has 2 atom stereocenters. The molecule has 4 bridgehead atoms. The molecule has 7 nitrogen and oxygen atoms in total. The minimum Gasteiger partial charge on any atom is -0.464 e. The van der Waals surface area contributed by atoms with Crippen LogP contribution in [0.15, 0.2) is 12.1 Å². The van der Waals surface area contributed by atoms with E-state index in [-0.39, 0.29) is 30.4 Å².